The van der Waals surface area contributed by atoms with Crippen molar-refractivity contribution in [2.45, 2.75) is 0 Å². The maximum Gasteiger partial charge on any atom is 0.173 e. The van der Waals surface area contributed by atoms with E-state index in [0.29, 0.717) is 5.02 Å². The van der Waals surface area contributed by atoms with Crippen molar-refractivity contribution in [3.63, 3.8) is 0 Å². The predicted molar refractivity (Wildman–Crippen MR) is 128 cm³/mol. The first kappa shape index (κ1) is 19.7. The quantitative estimate of drug-likeness (QED) is 0.474. The van der Waals surface area contributed by atoms with Gasteiger partial charge in [-0.2, -0.15) is 5.10 Å². The zero-order chi connectivity index (χ0) is 21.2. The number of aromatic nitrogens is 4. The molecular formula is C22H20ClN7S. The smallest absolute Gasteiger partial charge is 0.173 e. The third-order valence-electron chi connectivity index (χ3n) is 5.29. The molecule has 1 fully saturated rings. The first-order valence-electron chi connectivity index (χ1n) is 9.99. The minimum absolute atomic E-state index is 0.659. The Morgan fingerprint density at radius 2 is 1.77 bits per heavy atom. The van der Waals surface area contributed by atoms with Crippen molar-refractivity contribution in [2.24, 2.45) is 0 Å². The molecule has 9 heteroatoms. The third kappa shape index (κ3) is 4.04. The van der Waals surface area contributed by atoms with Gasteiger partial charge in [0.05, 0.1) is 17.3 Å². The van der Waals surface area contributed by atoms with Gasteiger partial charge >= 0.3 is 0 Å². The average molecular weight is 450 g/mol. The van der Waals surface area contributed by atoms with Gasteiger partial charge in [-0.15, -0.1) is 0 Å². The van der Waals surface area contributed by atoms with Gasteiger partial charge in [-0.05, 0) is 42.5 Å². The van der Waals surface area contributed by atoms with E-state index in [2.05, 4.69) is 30.2 Å². The van der Waals surface area contributed by atoms with Gasteiger partial charge in [0.2, 0.25) is 0 Å². The topological polar surface area (TPSA) is 62.1 Å². The summed E-state index contributed by atoms with van der Waals surface area (Å²) in [4.78, 5) is 13.5. The number of hydrogen-bond acceptors (Lipinski definition) is 5. The van der Waals surface area contributed by atoms with E-state index in [1.807, 2.05) is 60.8 Å². The minimum atomic E-state index is 0.659. The number of rotatable bonds is 3. The first-order chi connectivity index (χ1) is 15.2. The highest BCUT2D eigenvalue weighted by Crippen LogP contribution is 2.26. The number of thiocarbonyl (C=S) groups is 1. The highest BCUT2D eigenvalue weighted by Gasteiger charge is 2.23. The van der Waals surface area contributed by atoms with E-state index >= 15 is 0 Å². The molecule has 4 aromatic rings. The van der Waals surface area contributed by atoms with Crippen LogP contribution >= 0.6 is 23.8 Å². The second kappa shape index (κ2) is 8.49. The Kier molecular flexibility index (Phi) is 5.40. The average Bonchev–Trinajstić information content (AvgIpc) is 3.24. The zero-order valence-corrected chi connectivity index (χ0v) is 18.2. The fourth-order valence-corrected chi connectivity index (χ4v) is 4.21. The largest absolute Gasteiger partial charge is 0.352 e. The van der Waals surface area contributed by atoms with Gasteiger partial charge in [-0.25, -0.2) is 14.6 Å². The van der Waals surface area contributed by atoms with Gasteiger partial charge in [-0.1, -0.05) is 35.9 Å². The van der Waals surface area contributed by atoms with Gasteiger partial charge in [-0.3, -0.25) is 0 Å². The van der Waals surface area contributed by atoms with Crippen LogP contribution in [0.4, 0.5) is 11.5 Å². The van der Waals surface area contributed by atoms with E-state index in [9.17, 15) is 0 Å². The molecule has 3 heterocycles. The molecule has 0 aliphatic carbocycles. The van der Waals surface area contributed by atoms with Gasteiger partial charge in [0.25, 0.3) is 0 Å². The molecule has 156 valence electrons. The molecule has 7 nitrogen and oxygen atoms in total. The molecule has 0 atom stereocenters. The Morgan fingerprint density at radius 1 is 0.968 bits per heavy atom. The second-order valence-electron chi connectivity index (χ2n) is 7.24. The molecule has 1 N–H and O–H groups in total. The van der Waals surface area contributed by atoms with E-state index in [4.69, 9.17) is 23.8 Å². The van der Waals surface area contributed by atoms with Crippen molar-refractivity contribution >= 4 is 51.5 Å². The Hall–Kier alpha value is -3.23. The summed E-state index contributed by atoms with van der Waals surface area (Å²) in [5.74, 6) is 0.889. The van der Waals surface area contributed by atoms with Crippen LogP contribution in [0.5, 0.6) is 0 Å². The van der Waals surface area contributed by atoms with Crippen LogP contribution in [0.25, 0.3) is 16.7 Å². The van der Waals surface area contributed by atoms with Crippen LogP contribution < -0.4 is 10.2 Å². The molecule has 0 saturated carbocycles. The van der Waals surface area contributed by atoms with Crippen LogP contribution in [0.2, 0.25) is 5.02 Å². The van der Waals surface area contributed by atoms with E-state index in [0.717, 1.165) is 59.5 Å². The number of nitrogens with zero attached hydrogens (tertiary/aromatic N) is 6. The van der Waals surface area contributed by atoms with E-state index in [1.54, 1.807) is 11.0 Å². The standard InChI is InChI=1S/C22H20ClN7S/c23-16-5-4-8-18(13-16)30-21-19(14-26-30)20(24-15-25-21)28-9-11-29(12-10-28)22(31)27-17-6-2-1-3-7-17/h1-8,13-15H,9-12H2,(H,27,31). The van der Waals surface area contributed by atoms with E-state index < -0.39 is 0 Å². The summed E-state index contributed by atoms with van der Waals surface area (Å²) >= 11 is 11.8. The number of nitrogens with one attached hydrogen (secondary N) is 1. The van der Waals surface area contributed by atoms with Crippen LogP contribution in [-0.2, 0) is 0 Å². The van der Waals surface area contributed by atoms with E-state index in [1.165, 1.54) is 0 Å². The Balaban J connectivity index is 1.33. The molecule has 2 aromatic heterocycles. The Bertz CT molecular complexity index is 1220. The summed E-state index contributed by atoms with van der Waals surface area (Å²) in [6, 6.07) is 17.6. The zero-order valence-electron chi connectivity index (χ0n) is 16.6. The Labute approximate surface area is 190 Å². The fraction of sp³-hybridized carbons (Fsp3) is 0.182. The van der Waals surface area contributed by atoms with Crippen molar-refractivity contribution in [3.8, 4) is 5.69 Å². The monoisotopic (exact) mass is 449 g/mol. The number of para-hydroxylation sites is 1. The molecule has 0 spiro atoms. The lowest BCUT2D eigenvalue weighted by atomic mass is 10.2. The molecule has 1 aliphatic heterocycles. The molecule has 0 radical (unpaired) electrons. The van der Waals surface area contributed by atoms with Gasteiger partial charge in [0.15, 0.2) is 10.8 Å². The fourth-order valence-electron chi connectivity index (χ4n) is 3.73. The number of anilines is 2. The van der Waals surface area contributed by atoms with Crippen molar-refractivity contribution in [2.75, 3.05) is 36.4 Å². The number of hydrogen-bond donors (Lipinski definition) is 1. The molecule has 1 aliphatic rings. The normalized spacial score (nSPS) is 14.1. The van der Waals surface area contributed by atoms with Crippen molar-refractivity contribution in [1.82, 2.24) is 24.6 Å². The third-order valence-corrected chi connectivity index (χ3v) is 5.88. The molecule has 2 aromatic carbocycles. The summed E-state index contributed by atoms with van der Waals surface area (Å²) < 4.78 is 1.79. The second-order valence-corrected chi connectivity index (χ2v) is 8.06. The van der Waals surface area contributed by atoms with Crippen molar-refractivity contribution in [1.29, 1.82) is 0 Å². The van der Waals surface area contributed by atoms with Crippen LogP contribution in [0.15, 0.2) is 67.1 Å². The lowest BCUT2D eigenvalue weighted by molar-refractivity contribution is 0.390. The van der Waals surface area contributed by atoms with Crippen molar-refractivity contribution < 1.29 is 0 Å². The molecule has 31 heavy (non-hydrogen) atoms. The lowest BCUT2D eigenvalue weighted by Crippen LogP contribution is -2.50. The highest BCUT2D eigenvalue weighted by atomic mass is 35.5. The molecule has 0 bridgehead atoms. The lowest BCUT2D eigenvalue weighted by Gasteiger charge is -2.36. The summed E-state index contributed by atoms with van der Waals surface area (Å²) in [6.07, 6.45) is 3.41. The number of piperazine rings is 1. The Morgan fingerprint density at radius 3 is 2.55 bits per heavy atom. The molecular weight excluding hydrogens is 430 g/mol. The van der Waals surface area contributed by atoms with Gasteiger partial charge < -0.3 is 15.1 Å². The van der Waals surface area contributed by atoms with Gasteiger partial charge in [0.1, 0.15) is 12.1 Å². The van der Waals surface area contributed by atoms with Crippen LogP contribution in [0.1, 0.15) is 0 Å². The molecule has 0 amide bonds. The number of benzene rings is 2. The SMILES string of the molecule is S=C(Nc1ccccc1)N1CCN(c2ncnc3c2cnn3-c2cccc(Cl)c2)CC1. The molecule has 5 rings (SSSR count). The minimum Gasteiger partial charge on any atom is -0.352 e. The number of fused-ring (bicyclic) bond motifs is 1. The predicted octanol–water partition coefficient (Wildman–Crippen LogP) is 3.99. The number of halogens is 1. The first-order valence-corrected chi connectivity index (χ1v) is 10.8. The maximum atomic E-state index is 6.15. The highest BCUT2D eigenvalue weighted by molar-refractivity contribution is 7.80. The summed E-state index contributed by atoms with van der Waals surface area (Å²) in [7, 11) is 0. The summed E-state index contributed by atoms with van der Waals surface area (Å²) in [6.45, 7) is 3.25. The molecule has 1 saturated heterocycles. The van der Waals surface area contributed by atoms with E-state index in [-0.39, 0.29) is 0 Å². The maximum absolute atomic E-state index is 6.15. The van der Waals surface area contributed by atoms with Crippen LogP contribution in [0.3, 0.4) is 0 Å². The van der Waals surface area contributed by atoms with Crippen LogP contribution in [0, 0.1) is 0 Å². The van der Waals surface area contributed by atoms with Crippen LogP contribution in [-0.4, -0.2) is 55.9 Å². The summed E-state index contributed by atoms with van der Waals surface area (Å²) in [5, 5.41) is 10.2. The van der Waals surface area contributed by atoms with Gasteiger partial charge in [0, 0.05) is 36.9 Å². The summed E-state index contributed by atoms with van der Waals surface area (Å²) in [5.41, 5.74) is 2.63. The molecule has 0 unspecified atom stereocenters. The van der Waals surface area contributed by atoms with Crippen molar-refractivity contribution in [3.05, 3.63) is 72.1 Å².